The van der Waals surface area contributed by atoms with Crippen LogP contribution < -0.4 is 20.1 Å². The molecular formula is C23H32N4O3. The average molecular weight is 413 g/mol. The number of nitrogens with zero attached hydrogens (tertiary/aromatic N) is 2. The first-order valence-corrected chi connectivity index (χ1v) is 10.3. The van der Waals surface area contributed by atoms with E-state index in [1.807, 2.05) is 24.3 Å². The van der Waals surface area contributed by atoms with E-state index in [0.717, 1.165) is 55.7 Å². The van der Waals surface area contributed by atoms with Gasteiger partial charge in [0.2, 0.25) is 0 Å². The lowest BCUT2D eigenvalue weighted by Gasteiger charge is -2.19. The number of rotatable bonds is 10. The Morgan fingerprint density at radius 1 is 1.30 bits per heavy atom. The van der Waals surface area contributed by atoms with Gasteiger partial charge in [0, 0.05) is 51.3 Å². The minimum Gasteiger partial charge on any atom is -0.497 e. The monoisotopic (exact) mass is 412 g/mol. The highest BCUT2D eigenvalue weighted by Gasteiger charge is 2.23. The minimum absolute atomic E-state index is 0.345. The summed E-state index contributed by atoms with van der Waals surface area (Å²) in [7, 11) is 3.36. The summed E-state index contributed by atoms with van der Waals surface area (Å²) < 4.78 is 16.2. The molecule has 1 aromatic carbocycles. The zero-order valence-corrected chi connectivity index (χ0v) is 17.9. The van der Waals surface area contributed by atoms with E-state index in [1.54, 1.807) is 20.5 Å². The van der Waals surface area contributed by atoms with Crippen LogP contribution in [0.4, 0.5) is 0 Å². The van der Waals surface area contributed by atoms with E-state index in [4.69, 9.17) is 13.9 Å². The summed E-state index contributed by atoms with van der Waals surface area (Å²) >= 11 is 0. The van der Waals surface area contributed by atoms with E-state index < -0.39 is 0 Å². The molecule has 7 nitrogen and oxygen atoms in total. The van der Waals surface area contributed by atoms with Crippen molar-refractivity contribution in [2.24, 2.45) is 4.99 Å². The molecule has 0 saturated carbocycles. The molecule has 7 heteroatoms. The molecule has 0 aliphatic carbocycles. The molecule has 30 heavy (non-hydrogen) atoms. The fraction of sp³-hybridized carbons (Fsp3) is 0.435. The average Bonchev–Trinajstić information content (AvgIpc) is 3.43. The first-order valence-electron chi connectivity index (χ1n) is 10.3. The fourth-order valence-electron chi connectivity index (χ4n) is 3.56. The molecule has 2 aromatic rings. The maximum absolute atomic E-state index is 5.39. The SMILES string of the molecule is C=CCNC(=NCCc1ccco1)NC1CCN(Cc2cc(OC)cc(OC)c2)C1. The Morgan fingerprint density at radius 2 is 2.10 bits per heavy atom. The lowest BCUT2D eigenvalue weighted by molar-refractivity contribution is 0.321. The van der Waals surface area contributed by atoms with Gasteiger partial charge in [0.25, 0.3) is 0 Å². The molecule has 1 unspecified atom stereocenters. The van der Waals surface area contributed by atoms with Crippen molar-refractivity contribution < 1.29 is 13.9 Å². The molecule has 1 aliphatic rings. The topological polar surface area (TPSA) is 71.3 Å². The van der Waals surface area contributed by atoms with Crippen molar-refractivity contribution in [2.75, 3.05) is 40.4 Å². The first kappa shape index (κ1) is 21.8. The Morgan fingerprint density at radius 3 is 2.77 bits per heavy atom. The third-order valence-electron chi connectivity index (χ3n) is 5.05. The molecule has 0 radical (unpaired) electrons. The summed E-state index contributed by atoms with van der Waals surface area (Å²) in [5.41, 5.74) is 1.18. The van der Waals surface area contributed by atoms with Crippen LogP contribution in [0.15, 0.2) is 58.7 Å². The van der Waals surface area contributed by atoms with Crippen LogP contribution in [0.1, 0.15) is 17.7 Å². The second-order valence-electron chi connectivity index (χ2n) is 7.32. The van der Waals surface area contributed by atoms with E-state index in [1.165, 1.54) is 5.56 Å². The highest BCUT2D eigenvalue weighted by atomic mass is 16.5. The van der Waals surface area contributed by atoms with Gasteiger partial charge in [-0.2, -0.15) is 0 Å². The van der Waals surface area contributed by atoms with E-state index in [0.29, 0.717) is 19.1 Å². The number of benzene rings is 1. The lowest BCUT2D eigenvalue weighted by Crippen LogP contribution is -2.44. The molecule has 162 valence electrons. The molecule has 0 spiro atoms. The number of methoxy groups -OCH3 is 2. The zero-order chi connectivity index (χ0) is 21.2. The minimum atomic E-state index is 0.345. The molecule has 1 saturated heterocycles. The predicted octanol–water partition coefficient (Wildman–Crippen LogP) is 2.84. The predicted molar refractivity (Wildman–Crippen MR) is 119 cm³/mol. The van der Waals surface area contributed by atoms with Gasteiger partial charge in [-0.05, 0) is 36.2 Å². The van der Waals surface area contributed by atoms with E-state index >= 15 is 0 Å². The van der Waals surface area contributed by atoms with Gasteiger partial charge in [0.05, 0.1) is 20.5 Å². The molecule has 3 rings (SSSR count). The zero-order valence-electron chi connectivity index (χ0n) is 17.9. The summed E-state index contributed by atoms with van der Waals surface area (Å²) in [6.07, 6.45) is 5.37. The summed E-state index contributed by atoms with van der Waals surface area (Å²) in [4.78, 5) is 7.12. The van der Waals surface area contributed by atoms with Crippen LogP contribution in [-0.2, 0) is 13.0 Å². The van der Waals surface area contributed by atoms with E-state index in [9.17, 15) is 0 Å². The van der Waals surface area contributed by atoms with Crippen LogP contribution in [0, 0.1) is 0 Å². The number of guanidine groups is 1. The first-order chi connectivity index (χ1) is 14.7. The molecule has 2 N–H and O–H groups in total. The second kappa shape index (κ2) is 11.3. The van der Waals surface area contributed by atoms with Crippen LogP contribution in [0.5, 0.6) is 11.5 Å². The van der Waals surface area contributed by atoms with Gasteiger partial charge in [-0.3, -0.25) is 9.89 Å². The summed E-state index contributed by atoms with van der Waals surface area (Å²) in [5.74, 6) is 3.40. The number of ether oxygens (including phenoxy) is 2. The second-order valence-corrected chi connectivity index (χ2v) is 7.32. The molecular weight excluding hydrogens is 380 g/mol. The normalized spacial score (nSPS) is 17.0. The molecule has 2 heterocycles. The highest BCUT2D eigenvalue weighted by molar-refractivity contribution is 5.80. The van der Waals surface area contributed by atoms with Crippen molar-refractivity contribution >= 4 is 5.96 Å². The Kier molecular flexibility index (Phi) is 8.20. The number of aliphatic imine (C=N–C) groups is 1. The highest BCUT2D eigenvalue weighted by Crippen LogP contribution is 2.24. The third kappa shape index (κ3) is 6.56. The van der Waals surface area contributed by atoms with E-state index in [2.05, 4.69) is 39.2 Å². The quantitative estimate of drug-likeness (QED) is 0.355. The molecule has 0 bridgehead atoms. The third-order valence-corrected chi connectivity index (χ3v) is 5.05. The lowest BCUT2D eigenvalue weighted by atomic mass is 10.2. The Balaban J connectivity index is 1.54. The number of likely N-dealkylation sites (tertiary alicyclic amines) is 1. The van der Waals surface area contributed by atoms with Crippen molar-refractivity contribution in [3.8, 4) is 11.5 Å². The van der Waals surface area contributed by atoms with Crippen molar-refractivity contribution in [1.29, 1.82) is 0 Å². The molecule has 1 aromatic heterocycles. The maximum Gasteiger partial charge on any atom is 0.191 e. The smallest absolute Gasteiger partial charge is 0.191 e. The number of furan rings is 1. The fourth-order valence-corrected chi connectivity index (χ4v) is 3.56. The van der Waals surface area contributed by atoms with Gasteiger partial charge in [0.15, 0.2) is 5.96 Å². The van der Waals surface area contributed by atoms with Gasteiger partial charge >= 0.3 is 0 Å². The number of nitrogens with one attached hydrogen (secondary N) is 2. The number of hydrogen-bond acceptors (Lipinski definition) is 5. The maximum atomic E-state index is 5.39. The number of hydrogen-bond donors (Lipinski definition) is 2. The van der Waals surface area contributed by atoms with Crippen LogP contribution in [0.2, 0.25) is 0 Å². The van der Waals surface area contributed by atoms with Crippen LogP contribution in [0.3, 0.4) is 0 Å². The summed E-state index contributed by atoms with van der Waals surface area (Å²) in [5, 5.41) is 6.87. The van der Waals surface area contributed by atoms with Crippen LogP contribution in [0.25, 0.3) is 0 Å². The van der Waals surface area contributed by atoms with Crippen molar-refractivity contribution in [1.82, 2.24) is 15.5 Å². The molecule has 0 amide bonds. The van der Waals surface area contributed by atoms with Gasteiger partial charge in [0.1, 0.15) is 17.3 Å². The van der Waals surface area contributed by atoms with Gasteiger partial charge < -0.3 is 24.5 Å². The summed E-state index contributed by atoms with van der Waals surface area (Å²) in [6.45, 7) is 7.96. The van der Waals surface area contributed by atoms with Gasteiger partial charge in [-0.15, -0.1) is 6.58 Å². The van der Waals surface area contributed by atoms with Crippen LogP contribution in [-0.4, -0.2) is 57.3 Å². The van der Waals surface area contributed by atoms with E-state index in [-0.39, 0.29) is 0 Å². The molecule has 1 atom stereocenters. The van der Waals surface area contributed by atoms with Crippen molar-refractivity contribution in [3.05, 3.63) is 60.6 Å². The van der Waals surface area contributed by atoms with Crippen LogP contribution >= 0.6 is 0 Å². The molecule has 1 fully saturated rings. The van der Waals surface area contributed by atoms with Gasteiger partial charge in [-0.1, -0.05) is 6.08 Å². The largest absolute Gasteiger partial charge is 0.497 e. The Labute approximate surface area is 178 Å². The Bertz CT molecular complexity index is 798. The van der Waals surface area contributed by atoms with Gasteiger partial charge in [-0.25, -0.2) is 0 Å². The Hall–Kier alpha value is -2.93. The van der Waals surface area contributed by atoms with Crippen molar-refractivity contribution in [2.45, 2.75) is 25.4 Å². The standard InChI is InChI=1S/C23H32N4O3/c1-4-9-24-23(25-10-7-20-6-5-12-30-20)26-19-8-11-27(17-19)16-18-13-21(28-2)15-22(14-18)29-3/h4-6,12-15,19H,1,7-11,16-17H2,2-3H3,(H2,24,25,26). The summed E-state index contributed by atoms with van der Waals surface area (Å²) in [6, 6.07) is 10.3. The van der Waals surface area contributed by atoms with Crippen molar-refractivity contribution in [3.63, 3.8) is 0 Å². The molecule has 1 aliphatic heterocycles.